The maximum absolute atomic E-state index is 8.52. The zero-order valence-electron chi connectivity index (χ0n) is 9.04. The van der Waals surface area contributed by atoms with E-state index in [0.29, 0.717) is 0 Å². The van der Waals surface area contributed by atoms with Crippen molar-refractivity contribution >= 4 is 85.3 Å². The molecule has 15 heteroatoms. The minimum absolute atomic E-state index is 0. The monoisotopic (exact) mass is 308 g/mol. The van der Waals surface area contributed by atoms with Crippen molar-refractivity contribution in [2.75, 3.05) is 0 Å². The minimum atomic E-state index is -3.63. The molecule has 0 heterocycles. The zero-order valence-corrected chi connectivity index (χ0v) is 13.8. The summed E-state index contributed by atoms with van der Waals surface area (Å²) >= 11 is 0. The smallest absolute Gasteiger partial charge is 1.00 e. The van der Waals surface area contributed by atoms with E-state index < -0.39 is 27.5 Å². The van der Waals surface area contributed by atoms with Crippen molar-refractivity contribution in [1.29, 1.82) is 0 Å². The van der Waals surface area contributed by atoms with E-state index in [1.54, 1.807) is 0 Å². The van der Waals surface area contributed by atoms with Crippen molar-refractivity contribution in [1.82, 2.24) is 0 Å². The molecule has 0 bridgehead atoms. The van der Waals surface area contributed by atoms with Gasteiger partial charge >= 0.3 is 57.8 Å². The third kappa shape index (κ3) is 5080. The molecule has 0 unspecified atom stereocenters. The van der Waals surface area contributed by atoms with Gasteiger partial charge in [0.1, 0.15) is 0 Å². The van der Waals surface area contributed by atoms with Gasteiger partial charge in [0.25, 0.3) is 0 Å². The minimum Gasteiger partial charge on any atom is -1.00 e. The molecule has 0 aliphatic heterocycles. The Bertz CT molecular complexity index is 130. The fourth-order valence-electron chi connectivity index (χ4n) is 0. The van der Waals surface area contributed by atoms with Crippen molar-refractivity contribution in [2.45, 2.75) is 0 Å². The summed E-state index contributed by atoms with van der Waals surface area (Å²) < 4.78 is 25.6. The molecule has 0 aromatic rings. The summed E-state index contributed by atoms with van der Waals surface area (Å²) in [7, 11) is -10.9. The van der Waals surface area contributed by atoms with Crippen LogP contribution in [0.4, 0.5) is 0 Å². The summed E-state index contributed by atoms with van der Waals surface area (Å²) in [4.78, 5) is 51.1. The Balaban J connectivity index is -0.0000000104. The Morgan fingerprint density at radius 2 is 0.600 bits per heavy atom. The van der Waals surface area contributed by atoms with Crippen LogP contribution in [0, 0.1) is 0 Å². The second-order valence-corrected chi connectivity index (χ2v) is 2.25. The molecular formula is H2Al2MgO9Si3. The van der Waals surface area contributed by atoms with Crippen molar-refractivity contribution in [3.63, 3.8) is 0 Å². The van der Waals surface area contributed by atoms with Crippen molar-refractivity contribution in [2.24, 2.45) is 0 Å². The zero-order chi connectivity index (χ0) is 10.7. The Labute approximate surface area is 129 Å². The molecule has 0 amide bonds. The van der Waals surface area contributed by atoms with E-state index in [2.05, 4.69) is 0 Å². The molecule has 0 saturated heterocycles. The van der Waals surface area contributed by atoms with Crippen LogP contribution in [0.2, 0.25) is 0 Å². The van der Waals surface area contributed by atoms with Gasteiger partial charge in [0, 0.05) is 27.5 Å². The molecule has 9 nitrogen and oxygen atoms in total. The first kappa shape index (κ1) is 36.1. The third-order valence-corrected chi connectivity index (χ3v) is 0. The molecule has 0 aromatic carbocycles. The van der Waals surface area contributed by atoms with Gasteiger partial charge in [-0.05, 0) is 0 Å². The van der Waals surface area contributed by atoms with Crippen LogP contribution >= 0.6 is 0 Å². The first-order valence-electron chi connectivity index (χ1n) is 1.84. The van der Waals surface area contributed by atoms with Crippen LogP contribution in [0.15, 0.2) is 0 Å². The molecule has 76 valence electrons. The van der Waals surface area contributed by atoms with Gasteiger partial charge < -0.3 is 45.0 Å². The summed E-state index contributed by atoms with van der Waals surface area (Å²) in [6.45, 7) is 0. The largest absolute Gasteiger partial charge is 3.00 e. The summed E-state index contributed by atoms with van der Waals surface area (Å²) in [6.07, 6.45) is 0. The van der Waals surface area contributed by atoms with Gasteiger partial charge in [0.15, 0.2) is 0 Å². The fraction of sp³-hybridized carbons (Fsp3) is 0. The SMILES string of the molecule is O=[Si]([O-])[O-].O=[Si]([O-])[O-].O=[Si]([O-])[O-].[Al+3].[Al+3].[H-].[H-].[Mg+2]. The maximum Gasteiger partial charge on any atom is 3.00 e. The second kappa shape index (κ2) is 29.3. The quantitative estimate of drug-likeness (QED) is 0.391. The van der Waals surface area contributed by atoms with Crippen molar-refractivity contribution in [3.05, 3.63) is 0 Å². The molecular weight excluding hydrogens is 307 g/mol. The van der Waals surface area contributed by atoms with Crippen molar-refractivity contribution < 1.29 is 45.0 Å². The van der Waals surface area contributed by atoms with Crippen LogP contribution in [-0.4, -0.2) is 85.3 Å². The van der Waals surface area contributed by atoms with E-state index in [1.807, 2.05) is 0 Å². The summed E-state index contributed by atoms with van der Waals surface area (Å²) in [5.74, 6) is 0. The Hall–Kier alpha value is 0.682. The molecule has 0 aliphatic carbocycles. The molecule has 0 radical (unpaired) electrons. The van der Waals surface area contributed by atoms with Crippen molar-refractivity contribution in [3.8, 4) is 0 Å². The van der Waals surface area contributed by atoms with Crippen LogP contribution in [0.3, 0.4) is 0 Å². The average molecular weight is 309 g/mol. The van der Waals surface area contributed by atoms with E-state index in [4.69, 9.17) is 42.2 Å². The number of hydrogen-bond donors (Lipinski definition) is 0. The molecule has 0 N–H and O–H groups in total. The van der Waals surface area contributed by atoms with Crippen LogP contribution in [0.5, 0.6) is 0 Å². The average Bonchev–Trinajstić information content (AvgIpc) is 1.54. The molecule has 0 fully saturated rings. The van der Waals surface area contributed by atoms with E-state index >= 15 is 0 Å². The van der Waals surface area contributed by atoms with Gasteiger partial charge in [0.2, 0.25) is 0 Å². The first-order valence-corrected chi connectivity index (χ1v) is 5.51. The molecule has 0 rings (SSSR count). The van der Waals surface area contributed by atoms with Crippen LogP contribution in [-0.2, 0) is 13.4 Å². The Kier molecular flexibility index (Phi) is 70.5. The predicted octanol–water partition coefficient (Wildman–Crippen LogP) is -9.55. The molecule has 0 atom stereocenters. The van der Waals surface area contributed by atoms with Gasteiger partial charge in [-0.25, -0.2) is 0 Å². The molecule has 0 aromatic heterocycles. The predicted molar refractivity (Wildman–Crippen MR) is 38.8 cm³/mol. The normalized spacial score (nSPS) is 4.80. The van der Waals surface area contributed by atoms with Gasteiger partial charge in [0.05, 0.1) is 0 Å². The Morgan fingerprint density at radius 1 is 0.600 bits per heavy atom. The molecule has 15 heavy (non-hydrogen) atoms. The van der Waals surface area contributed by atoms with Crippen LogP contribution < -0.4 is 28.8 Å². The molecule has 0 saturated carbocycles. The summed E-state index contributed by atoms with van der Waals surface area (Å²) in [5.41, 5.74) is 0. The van der Waals surface area contributed by atoms with Gasteiger partial charge in [-0.3, -0.25) is 0 Å². The van der Waals surface area contributed by atoms with E-state index in [-0.39, 0.29) is 60.6 Å². The van der Waals surface area contributed by atoms with Crippen LogP contribution in [0.1, 0.15) is 2.85 Å². The van der Waals surface area contributed by atoms with Gasteiger partial charge in [-0.1, -0.05) is 0 Å². The summed E-state index contributed by atoms with van der Waals surface area (Å²) in [6, 6.07) is 0. The summed E-state index contributed by atoms with van der Waals surface area (Å²) in [5, 5.41) is 0. The van der Waals surface area contributed by atoms with E-state index in [0.717, 1.165) is 0 Å². The number of hydrogen-bond acceptors (Lipinski definition) is 9. The third-order valence-electron chi connectivity index (χ3n) is 0. The number of rotatable bonds is 0. The van der Waals surface area contributed by atoms with Gasteiger partial charge in [-0.2, -0.15) is 0 Å². The standard InChI is InChI=1S/2Al.Mg.3O3Si.2H/c;;;3*1-4(2)3;;/q2*+3;+2;3*-2;2*-1. The van der Waals surface area contributed by atoms with Crippen LogP contribution in [0.25, 0.3) is 0 Å². The van der Waals surface area contributed by atoms with Gasteiger partial charge in [-0.15, -0.1) is 0 Å². The Morgan fingerprint density at radius 3 is 0.600 bits per heavy atom. The molecule has 0 spiro atoms. The fourth-order valence-corrected chi connectivity index (χ4v) is 0. The van der Waals surface area contributed by atoms with E-state index in [1.165, 1.54) is 0 Å². The van der Waals surface area contributed by atoms with E-state index in [9.17, 15) is 0 Å². The molecule has 0 aliphatic rings. The topological polar surface area (TPSA) is 190 Å². The maximum atomic E-state index is 8.52. The first-order chi connectivity index (χ1) is 5.20. The second-order valence-electron chi connectivity index (χ2n) is 0.750.